The van der Waals surface area contributed by atoms with Crippen LogP contribution >= 0.6 is 0 Å². The maximum atomic E-state index is 11.9. The Morgan fingerprint density at radius 1 is 1.15 bits per heavy atom. The van der Waals surface area contributed by atoms with E-state index in [-0.39, 0.29) is 5.97 Å². The molecule has 1 heterocycles. The molecule has 1 atom stereocenters. The molecule has 3 heteroatoms. The summed E-state index contributed by atoms with van der Waals surface area (Å²) in [4.78, 5) is 11.9. The summed E-state index contributed by atoms with van der Waals surface area (Å²) < 4.78 is 4.88. The van der Waals surface area contributed by atoms with Gasteiger partial charge in [-0.15, -0.1) is 0 Å². The van der Waals surface area contributed by atoms with Crippen molar-refractivity contribution in [3.05, 3.63) is 47.5 Å². The van der Waals surface area contributed by atoms with Crippen molar-refractivity contribution in [1.29, 1.82) is 0 Å². The fourth-order valence-electron chi connectivity index (χ4n) is 3.03. The Labute approximate surface area is 118 Å². The van der Waals surface area contributed by atoms with Crippen molar-refractivity contribution in [3.63, 3.8) is 0 Å². The second-order valence-corrected chi connectivity index (χ2v) is 5.24. The largest absolute Gasteiger partial charge is 0.465 e. The predicted octanol–water partition coefficient (Wildman–Crippen LogP) is 3.44. The van der Waals surface area contributed by atoms with Crippen molar-refractivity contribution in [3.8, 4) is 0 Å². The van der Waals surface area contributed by atoms with E-state index in [1.165, 1.54) is 25.5 Å². The zero-order valence-corrected chi connectivity index (χ0v) is 11.7. The van der Waals surface area contributed by atoms with Gasteiger partial charge in [0.05, 0.1) is 12.7 Å². The molecule has 0 spiro atoms. The zero-order valence-electron chi connectivity index (χ0n) is 11.7. The van der Waals surface area contributed by atoms with Gasteiger partial charge in [-0.2, -0.15) is 0 Å². The highest BCUT2D eigenvalue weighted by Crippen LogP contribution is 2.31. The van der Waals surface area contributed by atoms with Crippen molar-refractivity contribution < 1.29 is 9.53 Å². The first-order valence-electron chi connectivity index (χ1n) is 7.14. The molecule has 0 aromatic heterocycles. The molecule has 1 N–H and O–H groups in total. The van der Waals surface area contributed by atoms with Crippen LogP contribution in [0.2, 0.25) is 0 Å². The number of carbonyl (C=O) groups is 1. The van der Waals surface area contributed by atoms with Crippen molar-refractivity contribution in [1.82, 2.24) is 5.32 Å². The Morgan fingerprint density at radius 3 is 2.65 bits per heavy atom. The number of hydrogen-bond donors (Lipinski definition) is 1. The van der Waals surface area contributed by atoms with Gasteiger partial charge in [0.25, 0.3) is 0 Å². The van der Waals surface area contributed by atoms with Crippen LogP contribution in [0.5, 0.6) is 0 Å². The van der Waals surface area contributed by atoms with Gasteiger partial charge in [0, 0.05) is 6.04 Å². The van der Waals surface area contributed by atoms with Crippen LogP contribution < -0.4 is 5.32 Å². The minimum absolute atomic E-state index is 0.274. The summed E-state index contributed by atoms with van der Waals surface area (Å²) >= 11 is 0. The molecule has 20 heavy (non-hydrogen) atoms. The van der Waals surface area contributed by atoms with Gasteiger partial charge in [-0.25, -0.2) is 4.79 Å². The molecule has 0 bridgehead atoms. The molecular formula is C17H19NO2. The highest BCUT2D eigenvalue weighted by molar-refractivity contribution is 6.05. The maximum absolute atomic E-state index is 11.9. The number of piperidine rings is 1. The summed E-state index contributed by atoms with van der Waals surface area (Å²) in [5.74, 6) is -0.274. The molecule has 1 aliphatic rings. The van der Waals surface area contributed by atoms with Crippen molar-refractivity contribution in [2.45, 2.75) is 25.3 Å². The standard InChI is InChI=1S/C17H19NO2/c1-20-17(19)15-10-9-14(16-8-4-5-11-18-16)12-6-2-3-7-13(12)15/h2-3,6-7,9-10,16,18H,4-5,8,11H2,1H3/t16-/m1/s1. The first kappa shape index (κ1) is 13.1. The summed E-state index contributed by atoms with van der Waals surface area (Å²) in [7, 11) is 1.42. The fraction of sp³-hybridized carbons (Fsp3) is 0.353. The van der Waals surface area contributed by atoms with Gasteiger partial charge in [-0.3, -0.25) is 0 Å². The van der Waals surface area contributed by atoms with E-state index in [0.29, 0.717) is 11.6 Å². The monoisotopic (exact) mass is 269 g/mol. The summed E-state index contributed by atoms with van der Waals surface area (Å²) in [5.41, 5.74) is 1.93. The van der Waals surface area contributed by atoms with E-state index in [1.807, 2.05) is 24.3 Å². The molecule has 1 fully saturated rings. The zero-order chi connectivity index (χ0) is 13.9. The number of hydrogen-bond acceptors (Lipinski definition) is 3. The minimum Gasteiger partial charge on any atom is -0.465 e. The maximum Gasteiger partial charge on any atom is 0.338 e. The highest BCUT2D eigenvalue weighted by Gasteiger charge is 2.19. The number of carbonyl (C=O) groups excluding carboxylic acids is 1. The van der Waals surface area contributed by atoms with Gasteiger partial charge in [0.2, 0.25) is 0 Å². The number of esters is 1. The predicted molar refractivity (Wildman–Crippen MR) is 79.9 cm³/mol. The summed E-state index contributed by atoms with van der Waals surface area (Å²) in [6.45, 7) is 1.07. The summed E-state index contributed by atoms with van der Waals surface area (Å²) in [6.07, 6.45) is 3.65. The van der Waals surface area contributed by atoms with Crippen LogP contribution in [0.15, 0.2) is 36.4 Å². The van der Waals surface area contributed by atoms with Crippen LogP contribution in [0.3, 0.4) is 0 Å². The molecule has 1 aliphatic heterocycles. The molecule has 0 radical (unpaired) electrons. The molecule has 3 rings (SSSR count). The average Bonchev–Trinajstić information content (AvgIpc) is 2.54. The van der Waals surface area contributed by atoms with E-state index in [4.69, 9.17) is 4.74 Å². The Morgan fingerprint density at radius 2 is 1.95 bits per heavy atom. The van der Waals surface area contributed by atoms with Gasteiger partial charge in [-0.1, -0.05) is 36.8 Å². The second kappa shape index (κ2) is 5.63. The number of fused-ring (bicyclic) bond motifs is 1. The van der Waals surface area contributed by atoms with Crippen LogP contribution in [0.25, 0.3) is 10.8 Å². The molecule has 0 amide bonds. The van der Waals surface area contributed by atoms with E-state index < -0.39 is 0 Å². The van der Waals surface area contributed by atoms with E-state index in [9.17, 15) is 4.79 Å². The number of nitrogens with one attached hydrogen (secondary N) is 1. The SMILES string of the molecule is COC(=O)c1ccc([C@H]2CCCCN2)c2ccccc12. The Hall–Kier alpha value is -1.87. The first-order chi connectivity index (χ1) is 9.81. The molecule has 0 unspecified atom stereocenters. The lowest BCUT2D eigenvalue weighted by atomic mass is 9.91. The van der Waals surface area contributed by atoms with Crippen LogP contribution in [-0.2, 0) is 4.74 Å². The van der Waals surface area contributed by atoms with Gasteiger partial charge >= 0.3 is 5.97 Å². The van der Waals surface area contributed by atoms with Gasteiger partial charge in [-0.05, 0) is 41.8 Å². The van der Waals surface area contributed by atoms with Crippen molar-refractivity contribution in [2.75, 3.05) is 13.7 Å². The fourth-order valence-corrected chi connectivity index (χ4v) is 3.03. The molecular weight excluding hydrogens is 250 g/mol. The van der Waals surface area contributed by atoms with E-state index >= 15 is 0 Å². The van der Waals surface area contributed by atoms with Crippen molar-refractivity contribution >= 4 is 16.7 Å². The smallest absolute Gasteiger partial charge is 0.338 e. The Balaban J connectivity index is 2.13. The topological polar surface area (TPSA) is 38.3 Å². The quantitative estimate of drug-likeness (QED) is 0.849. The average molecular weight is 269 g/mol. The molecule has 104 valence electrons. The summed E-state index contributed by atoms with van der Waals surface area (Å²) in [6, 6.07) is 12.4. The normalized spacial score (nSPS) is 18.9. The number of ether oxygens (including phenoxy) is 1. The molecule has 0 saturated carbocycles. The minimum atomic E-state index is -0.274. The lowest BCUT2D eigenvalue weighted by molar-refractivity contribution is 0.0603. The summed E-state index contributed by atoms with van der Waals surface area (Å²) in [5, 5.41) is 5.70. The molecule has 3 nitrogen and oxygen atoms in total. The van der Waals surface area contributed by atoms with Gasteiger partial charge in [0.1, 0.15) is 0 Å². The van der Waals surface area contributed by atoms with Crippen molar-refractivity contribution in [2.24, 2.45) is 0 Å². The molecule has 2 aromatic carbocycles. The molecule has 0 aliphatic carbocycles. The van der Waals surface area contributed by atoms with E-state index in [1.54, 1.807) is 0 Å². The van der Waals surface area contributed by atoms with Gasteiger partial charge in [0.15, 0.2) is 0 Å². The second-order valence-electron chi connectivity index (χ2n) is 5.24. The Bertz CT molecular complexity index is 630. The third kappa shape index (κ3) is 2.29. The van der Waals surface area contributed by atoms with Gasteiger partial charge < -0.3 is 10.1 Å². The third-order valence-electron chi connectivity index (χ3n) is 4.05. The van der Waals surface area contributed by atoms with Crippen LogP contribution in [0, 0.1) is 0 Å². The van der Waals surface area contributed by atoms with Crippen LogP contribution in [0.4, 0.5) is 0 Å². The van der Waals surface area contributed by atoms with Crippen LogP contribution in [0.1, 0.15) is 41.2 Å². The lowest BCUT2D eigenvalue weighted by Gasteiger charge is -2.25. The lowest BCUT2D eigenvalue weighted by Crippen LogP contribution is -2.27. The molecule has 2 aromatic rings. The number of benzene rings is 2. The highest BCUT2D eigenvalue weighted by atomic mass is 16.5. The number of methoxy groups -OCH3 is 1. The third-order valence-corrected chi connectivity index (χ3v) is 4.05. The Kier molecular flexibility index (Phi) is 3.70. The van der Waals surface area contributed by atoms with E-state index in [0.717, 1.165) is 23.7 Å². The first-order valence-corrected chi connectivity index (χ1v) is 7.14. The molecule has 1 saturated heterocycles. The van der Waals surface area contributed by atoms with Crippen LogP contribution in [-0.4, -0.2) is 19.6 Å². The van der Waals surface area contributed by atoms with E-state index in [2.05, 4.69) is 17.4 Å². The number of rotatable bonds is 2.